The van der Waals surface area contributed by atoms with Gasteiger partial charge in [0.05, 0.1) is 12.1 Å². The zero-order valence-electron chi connectivity index (χ0n) is 6.71. The van der Waals surface area contributed by atoms with Crippen molar-refractivity contribution < 1.29 is 4.52 Å². The van der Waals surface area contributed by atoms with E-state index in [0.717, 1.165) is 0 Å². The van der Waals surface area contributed by atoms with Gasteiger partial charge in [0.25, 0.3) is 5.89 Å². The first-order valence-corrected chi connectivity index (χ1v) is 3.68. The number of rotatable bonds is 2. The maximum absolute atomic E-state index is 5.32. The van der Waals surface area contributed by atoms with Crippen molar-refractivity contribution in [1.82, 2.24) is 20.1 Å². The first kappa shape index (κ1) is 7.81. The van der Waals surface area contributed by atoms with Gasteiger partial charge in [-0.1, -0.05) is 5.16 Å². The highest BCUT2D eigenvalue weighted by Gasteiger charge is 2.06. The predicted molar refractivity (Wildman–Crippen MR) is 43.2 cm³/mol. The first-order chi connectivity index (χ1) is 6.40. The van der Waals surface area contributed by atoms with Crippen LogP contribution in [0.2, 0.25) is 0 Å². The normalized spacial score (nSPS) is 10.2. The Bertz CT molecular complexity index is 385. The minimum Gasteiger partial charge on any atom is -0.334 e. The van der Waals surface area contributed by atoms with E-state index >= 15 is 0 Å². The van der Waals surface area contributed by atoms with Crippen LogP contribution in [-0.4, -0.2) is 20.1 Å². The second-order valence-electron chi connectivity index (χ2n) is 2.35. The highest BCUT2D eigenvalue weighted by Crippen LogP contribution is 2.13. The largest absolute Gasteiger partial charge is 0.334 e. The third-order valence-corrected chi connectivity index (χ3v) is 1.46. The van der Waals surface area contributed by atoms with Crippen LogP contribution in [0.1, 0.15) is 5.82 Å². The smallest absolute Gasteiger partial charge is 0.261 e. The lowest BCUT2D eigenvalue weighted by Gasteiger charge is -1.88. The van der Waals surface area contributed by atoms with Gasteiger partial charge in [-0.15, -0.1) is 0 Å². The fraction of sp³-hybridized carbons (Fsp3) is 0.143. The Morgan fingerprint density at radius 2 is 2.08 bits per heavy atom. The summed E-state index contributed by atoms with van der Waals surface area (Å²) in [7, 11) is 0. The van der Waals surface area contributed by atoms with Crippen molar-refractivity contribution in [3.05, 3.63) is 24.5 Å². The Morgan fingerprint density at radius 3 is 2.69 bits per heavy atom. The Hall–Kier alpha value is -1.82. The van der Waals surface area contributed by atoms with Gasteiger partial charge in [0.1, 0.15) is 6.33 Å². The van der Waals surface area contributed by atoms with Gasteiger partial charge in [-0.05, 0) is 0 Å². The average molecular weight is 177 g/mol. The van der Waals surface area contributed by atoms with Gasteiger partial charge in [0.15, 0.2) is 5.82 Å². The topological polar surface area (TPSA) is 90.7 Å². The summed E-state index contributed by atoms with van der Waals surface area (Å²) >= 11 is 0. The third kappa shape index (κ3) is 1.52. The van der Waals surface area contributed by atoms with Gasteiger partial charge in [-0.3, -0.25) is 0 Å². The molecule has 13 heavy (non-hydrogen) atoms. The van der Waals surface area contributed by atoms with Crippen LogP contribution in [0, 0.1) is 0 Å². The molecule has 2 aromatic heterocycles. The zero-order valence-corrected chi connectivity index (χ0v) is 6.71. The van der Waals surface area contributed by atoms with E-state index < -0.39 is 0 Å². The minimum atomic E-state index is 0.261. The standard InChI is InChI=1S/C7H7N5O/c8-1-6-11-7(13-12-6)5-2-9-4-10-3-5/h2-4H,1,8H2. The number of hydrogen-bond acceptors (Lipinski definition) is 6. The Labute approximate surface area is 73.8 Å². The number of aromatic nitrogens is 4. The molecule has 0 unspecified atom stereocenters. The van der Waals surface area contributed by atoms with Crippen LogP contribution in [-0.2, 0) is 6.54 Å². The van der Waals surface area contributed by atoms with Crippen molar-refractivity contribution in [1.29, 1.82) is 0 Å². The molecule has 0 radical (unpaired) electrons. The van der Waals surface area contributed by atoms with Crippen LogP contribution in [0.4, 0.5) is 0 Å². The Balaban J connectivity index is 2.36. The highest BCUT2D eigenvalue weighted by molar-refractivity contribution is 5.48. The van der Waals surface area contributed by atoms with Crippen molar-refractivity contribution in [2.45, 2.75) is 6.54 Å². The van der Waals surface area contributed by atoms with Crippen molar-refractivity contribution in [2.75, 3.05) is 0 Å². The molecular formula is C7H7N5O. The van der Waals surface area contributed by atoms with E-state index in [4.69, 9.17) is 10.3 Å². The number of hydrogen-bond donors (Lipinski definition) is 1. The third-order valence-electron chi connectivity index (χ3n) is 1.46. The molecule has 0 aliphatic carbocycles. The minimum absolute atomic E-state index is 0.261. The molecule has 0 bridgehead atoms. The molecule has 6 nitrogen and oxygen atoms in total. The molecule has 0 saturated carbocycles. The molecular weight excluding hydrogens is 170 g/mol. The summed E-state index contributed by atoms with van der Waals surface area (Å²) < 4.78 is 4.92. The lowest BCUT2D eigenvalue weighted by Crippen LogP contribution is -1.97. The summed E-state index contributed by atoms with van der Waals surface area (Å²) in [5, 5.41) is 3.64. The van der Waals surface area contributed by atoms with E-state index in [1.54, 1.807) is 12.4 Å². The second kappa shape index (κ2) is 3.28. The van der Waals surface area contributed by atoms with Crippen molar-refractivity contribution in [3.63, 3.8) is 0 Å². The molecule has 0 fully saturated rings. The number of nitrogens with zero attached hydrogens (tertiary/aromatic N) is 4. The summed E-state index contributed by atoms with van der Waals surface area (Å²) in [6, 6.07) is 0. The summed E-state index contributed by atoms with van der Waals surface area (Å²) in [4.78, 5) is 11.7. The monoisotopic (exact) mass is 177 g/mol. The van der Waals surface area contributed by atoms with Crippen LogP contribution in [0.3, 0.4) is 0 Å². The predicted octanol–water partition coefficient (Wildman–Crippen LogP) is -0.0147. The molecule has 0 spiro atoms. The summed E-state index contributed by atoms with van der Waals surface area (Å²) in [5.74, 6) is 0.861. The lowest BCUT2D eigenvalue weighted by atomic mass is 10.3. The van der Waals surface area contributed by atoms with E-state index in [9.17, 15) is 0 Å². The van der Waals surface area contributed by atoms with E-state index in [2.05, 4.69) is 20.1 Å². The molecule has 2 rings (SSSR count). The van der Waals surface area contributed by atoms with Gasteiger partial charge in [0.2, 0.25) is 0 Å². The van der Waals surface area contributed by atoms with Gasteiger partial charge >= 0.3 is 0 Å². The molecule has 6 heteroatoms. The van der Waals surface area contributed by atoms with Gasteiger partial charge in [-0.25, -0.2) is 9.97 Å². The SMILES string of the molecule is NCc1noc(-c2cncnc2)n1. The van der Waals surface area contributed by atoms with Crippen LogP contribution in [0.15, 0.2) is 23.2 Å². The van der Waals surface area contributed by atoms with Gasteiger partial charge < -0.3 is 10.3 Å². The maximum Gasteiger partial charge on any atom is 0.261 e. The summed E-state index contributed by atoms with van der Waals surface area (Å²) in [6.45, 7) is 0.261. The molecule has 0 aromatic carbocycles. The first-order valence-electron chi connectivity index (χ1n) is 3.68. The Morgan fingerprint density at radius 1 is 1.31 bits per heavy atom. The quantitative estimate of drug-likeness (QED) is 0.693. The molecule has 0 aliphatic rings. The molecule has 2 heterocycles. The summed E-state index contributed by atoms with van der Waals surface area (Å²) in [5.41, 5.74) is 6.01. The van der Waals surface area contributed by atoms with E-state index in [1.807, 2.05) is 0 Å². The fourth-order valence-corrected chi connectivity index (χ4v) is 0.864. The molecule has 2 N–H and O–H groups in total. The number of nitrogens with two attached hydrogens (primary N) is 1. The highest BCUT2D eigenvalue weighted by atomic mass is 16.5. The van der Waals surface area contributed by atoms with Gasteiger partial charge in [-0.2, -0.15) is 4.98 Å². The van der Waals surface area contributed by atoms with Crippen molar-refractivity contribution in [2.24, 2.45) is 5.73 Å². The second-order valence-corrected chi connectivity index (χ2v) is 2.35. The molecule has 0 amide bonds. The Kier molecular flexibility index (Phi) is 1.97. The zero-order chi connectivity index (χ0) is 9.10. The molecule has 66 valence electrons. The van der Waals surface area contributed by atoms with Crippen molar-refractivity contribution >= 4 is 0 Å². The van der Waals surface area contributed by atoms with E-state index in [0.29, 0.717) is 17.3 Å². The van der Waals surface area contributed by atoms with Crippen molar-refractivity contribution in [3.8, 4) is 11.5 Å². The van der Waals surface area contributed by atoms with Crippen LogP contribution in [0.25, 0.3) is 11.5 Å². The van der Waals surface area contributed by atoms with Crippen LogP contribution < -0.4 is 5.73 Å². The lowest BCUT2D eigenvalue weighted by molar-refractivity contribution is 0.422. The summed E-state index contributed by atoms with van der Waals surface area (Å²) in [6.07, 6.45) is 4.63. The fourth-order valence-electron chi connectivity index (χ4n) is 0.864. The average Bonchev–Trinajstić information content (AvgIpc) is 2.67. The maximum atomic E-state index is 5.32. The molecule has 2 aromatic rings. The molecule has 0 saturated heterocycles. The van der Waals surface area contributed by atoms with E-state index in [-0.39, 0.29) is 6.54 Å². The van der Waals surface area contributed by atoms with Crippen LogP contribution in [0.5, 0.6) is 0 Å². The molecule has 0 aliphatic heterocycles. The molecule has 0 atom stereocenters. The van der Waals surface area contributed by atoms with Crippen LogP contribution >= 0.6 is 0 Å². The van der Waals surface area contributed by atoms with E-state index in [1.165, 1.54) is 6.33 Å². The van der Waals surface area contributed by atoms with Gasteiger partial charge in [0, 0.05) is 12.4 Å².